The van der Waals surface area contributed by atoms with Gasteiger partial charge in [0.05, 0.1) is 6.42 Å². The SMILES string of the molecule is O=C(Cc1c[nH]c2cccc(F)c12)N1CCc2ccccc2C1. The molecule has 3 aromatic rings. The fourth-order valence-corrected chi connectivity index (χ4v) is 3.33. The lowest BCUT2D eigenvalue weighted by Crippen LogP contribution is -2.36. The smallest absolute Gasteiger partial charge is 0.227 e. The Morgan fingerprint density at radius 2 is 1.96 bits per heavy atom. The number of fused-ring (bicyclic) bond motifs is 2. The van der Waals surface area contributed by atoms with Crippen molar-refractivity contribution in [3.05, 3.63) is 71.2 Å². The minimum Gasteiger partial charge on any atom is -0.361 e. The average Bonchev–Trinajstić information content (AvgIpc) is 2.98. The number of carbonyl (C=O) groups excluding carboxylic acids is 1. The normalized spacial score (nSPS) is 14.0. The van der Waals surface area contributed by atoms with Crippen molar-refractivity contribution >= 4 is 16.8 Å². The lowest BCUT2D eigenvalue weighted by atomic mass is 9.99. The number of nitrogens with zero attached hydrogens (tertiary/aromatic N) is 1. The van der Waals surface area contributed by atoms with Crippen molar-refractivity contribution in [3.8, 4) is 0 Å². The predicted octanol–water partition coefficient (Wildman–Crippen LogP) is 3.43. The molecule has 4 heteroatoms. The number of aromatic amines is 1. The fraction of sp³-hybridized carbons (Fsp3) is 0.211. The van der Waals surface area contributed by atoms with Gasteiger partial charge in [0.1, 0.15) is 5.82 Å². The number of hydrogen-bond donors (Lipinski definition) is 1. The molecule has 0 aliphatic carbocycles. The minimum atomic E-state index is -0.282. The quantitative estimate of drug-likeness (QED) is 0.773. The second-order valence-corrected chi connectivity index (χ2v) is 5.99. The second kappa shape index (κ2) is 5.54. The van der Waals surface area contributed by atoms with Crippen molar-refractivity contribution in [1.29, 1.82) is 0 Å². The van der Waals surface area contributed by atoms with Crippen LogP contribution in [-0.2, 0) is 24.2 Å². The zero-order valence-electron chi connectivity index (χ0n) is 12.7. The van der Waals surface area contributed by atoms with E-state index in [9.17, 15) is 9.18 Å². The molecular formula is C19H17FN2O. The Kier molecular flexibility index (Phi) is 3.37. The molecule has 0 unspecified atom stereocenters. The van der Waals surface area contributed by atoms with E-state index in [1.54, 1.807) is 12.3 Å². The lowest BCUT2D eigenvalue weighted by Gasteiger charge is -2.29. The molecule has 1 amide bonds. The van der Waals surface area contributed by atoms with Crippen LogP contribution in [0, 0.1) is 5.82 Å². The van der Waals surface area contributed by atoms with Crippen molar-refractivity contribution in [2.45, 2.75) is 19.4 Å². The second-order valence-electron chi connectivity index (χ2n) is 5.99. The van der Waals surface area contributed by atoms with E-state index in [0.717, 1.165) is 24.0 Å². The number of H-pyrrole nitrogens is 1. The Morgan fingerprint density at radius 1 is 1.13 bits per heavy atom. The van der Waals surface area contributed by atoms with E-state index >= 15 is 0 Å². The van der Waals surface area contributed by atoms with E-state index in [2.05, 4.69) is 17.1 Å². The van der Waals surface area contributed by atoms with Gasteiger partial charge >= 0.3 is 0 Å². The van der Waals surface area contributed by atoms with Crippen molar-refractivity contribution in [2.24, 2.45) is 0 Å². The minimum absolute atomic E-state index is 0.0451. The highest BCUT2D eigenvalue weighted by atomic mass is 19.1. The zero-order chi connectivity index (χ0) is 15.8. The average molecular weight is 308 g/mol. The molecule has 0 radical (unpaired) electrons. The molecule has 0 bridgehead atoms. The Hall–Kier alpha value is -2.62. The highest BCUT2D eigenvalue weighted by Gasteiger charge is 2.21. The third kappa shape index (κ3) is 2.50. The molecule has 0 saturated heterocycles. The molecule has 0 atom stereocenters. The van der Waals surface area contributed by atoms with Gasteiger partial charge in [-0.15, -0.1) is 0 Å². The first-order chi connectivity index (χ1) is 11.2. The molecule has 1 N–H and O–H groups in total. The van der Waals surface area contributed by atoms with Gasteiger partial charge in [0, 0.05) is 30.2 Å². The molecule has 0 spiro atoms. The van der Waals surface area contributed by atoms with Gasteiger partial charge in [-0.1, -0.05) is 30.3 Å². The van der Waals surface area contributed by atoms with E-state index in [4.69, 9.17) is 0 Å². The molecule has 3 nitrogen and oxygen atoms in total. The highest BCUT2D eigenvalue weighted by molar-refractivity contribution is 5.89. The molecule has 2 heterocycles. The van der Waals surface area contributed by atoms with Crippen LogP contribution >= 0.6 is 0 Å². The van der Waals surface area contributed by atoms with Gasteiger partial charge in [0.2, 0.25) is 5.91 Å². The maximum Gasteiger partial charge on any atom is 0.227 e. The largest absolute Gasteiger partial charge is 0.361 e. The molecule has 4 rings (SSSR count). The topological polar surface area (TPSA) is 36.1 Å². The summed E-state index contributed by atoms with van der Waals surface area (Å²) in [5.41, 5.74) is 3.98. The van der Waals surface area contributed by atoms with Crippen LogP contribution in [-0.4, -0.2) is 22.3 Å². The molecule has 1 aliphatic rings. The first kappa shape index (κ1) is 14.0. The summed E-state index contributed by atoms with van der Waals surface area (Å²) in [6.07, 6.45) is 2.84. The number of benzene rings is 2. The van der Waals surface area contributed by atoms with Gasteiger partial charge in [-0.2, -0.15) is 0 Å². The summed E-state index contributed by atoms with van der Waals surface area (Å²) in [6, 6.07) is 13.1. The van der Waals surface area contributed by atoms with Crippen LogP contribution in [0.5, 0.6) is 0 Å². The number of hydrogen-bond acceptors (Lipinski definition) is 1. The molecule has 0 saturated carbocycles. The summed E-state index contributed by atoms with van der Waals surface area (Å²) in [6.45, 7) is 1.36. The summed E-state index contributed by atoms with van der Waals surface area (Å²) < 4.78 is 14.0. The molecule has 116 valence electrons. The van der Waals surface area contributed by atoms with Crippen LogP contribution in [0.2, 0.25) is 0 Å². The van der Waals surface area contributed by atoms with Crippen molar-refractivity contribution < 1.29 is 9.18 Å². The molecule has 23 heavy (non-hydrogen) atoms. The van der Waals surface area contributed by atoms with E-state index < -0.39 is 0 Å². The Bertz CT molecular complexity index is 884. The van der Waals surface area contributed by atoms with E-state index in [0.29, 0.717) is 11.9 Å². The first-order valence-electron chi connectivity index (χ1n) is 7.81. The molecule has 0 fully saturated rings. The zero-order valence-corrected chi connectivity index (χ0v) is 12.7. The number of nitrogens with one attached hydrogen (secondary N) is 1. The van der Waals surface area contributed by atoms with Crippen molar-refractivity contribution in [3.63, 3.8) is 0 Å². The maximum atomic E-state index is 14.0. The maximum absolute atomic E-state index is 14.0. The summed E-state index contributed by atoms with van der Waals surface area (Å²) in [5, 5.41) is 0.526. The molecular weight excluding hydrogens is 291 g/mol. The van der Waals surface area contributed by atoms with Crippen LogP contribution in [0.4, 0.5) is 4.39 Å². The fourth-order valence-electron chi connectivity index (χ4n) is 3.33. The standard InChI is InChI=1S/C19H17FN2O/c20-16-6-3-7-17-19(16)15(11-21-17)10-18(23)22-9-8-13-4-1-2-5-14(13)12-22/h1-7,11,21H,8-10,12H2. The molecule has 2 aromatic carbocycles. The number of rotatable bonds is 2. The Labute approximate surface area is 133 Å². The van der Waals surface area contributed by atoms with Gasteiger partial charge in [0.15, 0.2) is 0 Å². The van der Waals surface area contributed by atoms with Gasteiger partial charge in [-0.3, -0.25) is 4.79 Å². The number of carbonyl (C=O) groups is 1. The first-order valence-corrected chi connectivity index (χ1v) is 7.81. The van der Waals surface area contributed by atoms with Crippen molar-refractivity contribution in [2.75, 3.05) is 6.54 Å². The van der Waals surface area contributed by atoms with E-state index in [1.165, 1.54) is 17.2 Å². The highest BCUT2D eigenvalue weighted by Crippen LogP contribution is 2.24. The van der Waals surface area contributed by atoms with Gasteiger partial charge in [-0.05, 0) is 35.2 Å². The van der Waals surface area contributed by atoms with Crippen LogP contribution in [0.3, 0.4) is 0 Å². The van der Waals surface area contributed by atoms with E-state index in [-0.39, 0.29) is 18.1 Å². The van der Waals surface area contributed by atoms with Gasteiger partial charge < -0.3 is 9.88 Å². The number of amides is 1. The predicted molar refractivity (Wildman–Crippen MR) is 87.5 cm³/mol. The van der Waals surface area contributed by atoms with Crippen LogP contribution in [0.1, 0.15) is 16.7 Å². The Balaban J connectivity index is 1.56. The summed E-state index contributed by atoms with van der Waals surface area (Å²) in [5.74, 6) is -0.237. The van der Waals surface area contributed by atoms with Crippen LogP contribution in [0.15, 0.2) is 48.7 Å². The van der Waals surface area contributed by atoms with Crippen LogP contribution in [0.25, 0.3) is 10.9 Å². The van der Waals surface area contributed by atoms with Crippen molar-refractivity contribution in [1.82, 2.24) is 9.88 Å². The van der Waals surface area contributed by atoms with Gasteiger partial charge in [-0.25, -0.2) is 4.39 Å². The third-order valence-corrected chi connectivity index (χ3v) is 4.56. The molecule has 1 aliphatic heterocycles. The lowest BCUT2D eigenvalue weighted by molar-refractivity contribution is -0.131. The monoisotopic (exact) mass is 308 g/mol. The number of halogens is 1. The Morgan fingerprint density at radius 3 is 2.83 bits per heavy atom. The third-order valence-electron chi connectivity index (χ3n) is 4.56. The number of aromatic nitrogens is 1. The van der Waals surface area contributed by atoms with Crippen LogP contribution < -0.4 is 0 Å². The van der Waals surface area contributed by atoms with Gasteiger partial charge in [0.25, 0.3) is 0 Å². The molecule has 1 aromatic heterocycles. The summed E-state index contributed by atoms with van der Waals surface area (Å²) in [4.78, 5) is 17.5. The summed E-state index contributed by atoms with van der Waals surface area (Å²) in [7, 11) is 0. The van der Waals surface area contributed by atoms with E-state index in [1.807, 2.05) is 23.1 Å². The summed E-state index contributed by atoms with van der Waals surface area (Å²) >= 11 is 0.